The first-order valence-corrected chi connectivity index (χ1v) is 9.55. The summed E-state index contributed by atoms with van der Waals surface area (Å²) < 4.78 is 6.97. The number of esters is 1. The SMILES string of the molecule is COC(=O)c1ccc(N2CCN(Cc3nnc4n3CCCCC4)CC2)nn1. The number of aromatic nitrogens is 5. The Morgan fingerprint density at radius 1 is 1.00 bits per heavy atom. The molecule has 2 aliphatic rings. The minimum Gasteiger partial charge on any atom is -0.464 e. The van der Waals surface area contributed by atoms with Crippen molar-refractivity contribution in [1.29, 1.82) is 0 Å². The van der Waals surface area contributed by atoms with Crippen molar-refractivity contribution in [3.63, 3.8) is 0 Å². The van der Waals surface area contributed by atoms with Crippen molar-refractivity contribution in [2.45, 2.75) is 38.8 Å². The second kappa shape index (κ2) is 7.99. The number of piperazine rings is 1. The average molecular weight is 371 g/mol. The quantitative estimate of drug-likeness (QED) is 0.733. The van der Waals surface area contributed by atoms with Gasteiger partial charge < -0.3 is 14.2 Å². The lowest BCUT2D eigenvalue weighted by Gasteiger charge is -2.34. The topological polar surface area (TPSA) is 89.3 Å². The number of carbonyl (C=O) groups is 1. The fourth-order valence-electron chi connectivity index (χ4n) is 3.70. The number of ether oxygens (including phenoxy) is 1. The maximum Gasteiger partial charge on any atom is 0.358 e. The molecule has 0 atom stereocenters. The fraction of sp³-hybridized carbons (Fsp3) is 0.611. The van der Waals surface area contributed by atoms with Crippen LogP contribution in [-0.4, -0.2) is 69.1 Å². The first kappa shape index (κ1) is 17.8. The van der Waals surface area contributed by atoms with Crippen molar-refractivity contribution >= 4 is 11.8 Å². The summed E-state index contributed by atoms with van der Waals surface area (Å²) in [5.74, 6) is 2.55. The number of hydrogen-bond acceptors (Lipinski definition) is 8. The zero-order chi connectivity index (χ0) is 18.6. The van der Waals surface area contributed by atoms with Crippen molar-refractivity contribution in [2.24, 2.45) is 0 Å². The van der Waals surface area contributed by atoms with Crippen LogP contribution in [0.25, 0.3) is 0 Å². The van der Waals surface area contributed by atoms with Gasteiger partial charge in [-0.1, -0.05) is 6.42 Å². The standard InChI is InChI=1S/C18H25N7O2/c1-27-18(26)14-6-7-15(20-19-14)24-11-9-23(10-12-24)13-17-22-21-16-5-3-2-4-8-25(16)17/h6-7H,2-5,8-13H2,1H3. The maximum absolute atomic E-state index is 11.5. The number of fused-ring (bicyclic) bond motifs is 1. The molecule has 1 saturated heterocycles. The highest BCUT2D eigenvalue weighted by atomic mass is 16.5. The molecule has 0 amide bonds. The molecule has 9 nitrogen and oxygen atoms in total. The highest BCUT2D eigenvalue weighted by molar-refractivity contribution is 5.86. The molecule has 27 heavy (non-hydrogen) atoms. The zero-order valence-corrected chi connectivity index (χ0v) is 15.7. The molecule has 0 radical (unpaired) electrons. The van der Waals surface area contributed by atoms with E-state index in [-0.39, 0.29) is 5.69 Å². The molecular weight excluding hydrogens is 346 g/mol. The van der Waals surface area contributed by atoms with E-state index in [2.05, 4.69) is 39.5 Å². The molecule has 2 aromatic heterocycles. The molecule has 0 N–H and O–H groups in total. The second-order valence-corrected chi connectivity index (χ2v) is 7.03. The highest BCUT2D eigenvalue weighted by Crippen LogP contribution is 2.17. The summed E-state index contributed by atoms with van der Waals surface area (Å²) >= 11 is 0. The van der Waals surface area contributed by atoms with Crippen LogP contribution in [-0.2, 0) is 24.2 Å². The smallest absolute Gasteiger partial charge is 0.358 e. The summed E-state index contributed by atoms with van der Waals surface area (Å²) in [4.78, 5) is 16.1. The number of aryl methyl sites for hydroxylation is 1. The van der Waals surface area contributed by atoms with Gasteiger partial charge in [0.1, 0.15) is 11.6 Å². The van der Waals surface area contributed by atoms with Gasteiger partial charge in [0.25, 0.3) is 0 Å². The Labute approximate surface area is 158 Å². The van der Waals surface area contributed by atoms with Crippen molar-refractivity contribution in [1.82, 2.24) is 29.9 Å². The number of rotatable bonds is 4. The Balaban J connectivity index is 1.34. The molecular formula is C18H25N7O2. The summed E-state index contributed by atoms with van der Waals surface area (Å²) in [7, 11) is 1.34. The van der Waals surface area contributed by atoms with Gasteiger partial charge in [0.15, 0.2) is 11.5 Å². The normalized spacial score (nSPS) is 18.0. The van der Waals surface area contributed by atoms with Gasteiger partial charge in [0.05, 0.1) is 13.7 Å². The Hall–Kier alpha value is -2.55. The van der Waals surface area contributed by atoms with Gasteiger partial charge in [-0.15, -0.1) is 20.4 Å². The number of anilines is 1. The van der Waals surface area contributed by atoms with Crippen LogP contribution in [0, 0.1) is 0 Å². The second-order valence-electron chi connectivity index (χ2n) is 7.03. The van der Waals surface area contributed by atoms with Crippen molar-refractivity contribution < 1.29 is 9.53 Å². The van der Waals surface area contributed by atoms with Gasteiger partial charge >= 0.3 is 5.97 Å². The zero-order valence-electron chi connectivity index (χ0n) is 15.7. The third-order valence-corrected chi connectivity index (χ3v) is 5.29. The summed E-state index contributed by atoms with van der Waals surface area (Å²) in [5.41, 5.74) is 0.229. The largest absolute Gasteiger partial charge is 0.464 e. The molecule has 0 unspecified atom stereocenters. The van der Waals surface area contributed by atoms with Gasteiger partial charge in [-0.05, 0) is 25.0 Å². The van der Waals surface area contributed by atoms with Gasteiger partial charge in [0.2, 0.25) is 0 Å². The van der Waals surface area contributed by atoms with E-state index in [1.54, 1.807) is 6.07 Å². The Morgan fingerprint density at radius 2 is 1.85 bits per heavy atom. The molecule has 2 aliphatic heterocycles. The van der Waals surface area contributed by atoms with Crippen LogP contribution in [0.15, 0.2) is 12.1 Å². The van der Waals surface area contributed by atoms with Gasteiger partial charge in [-0.3, -0.25) is 4.90 Å². The van der Waals surface area contributed by atoms with Crippen LogP contribution in [0.2, 0.25) is 0 Å². The van der Waals surface area contributed by atoms with Gasteiger partial charge in [0, 0.05) is 39.1 Å². The van der Waals surface area contributed by atoms with Crippen LogP contribution >= 0.6 is 0 Å². The minimum atomic E-state index is -0.466. The summed E-state index contributed by atoms with van der Waals surface area (Å²) in [6, 6.07) is 3.49. The number of hydrogen-bond donors (Lipinski definition) is 0. The van der Waals surface area contributed by atoms with Crippen LogP contribution in [0.1, 0.15) is 41.4 Å². The lowest BCUT2D eigenvalue weighted by Crippen LogP contribution is -2.46. The molecule has 0 bridgehead atoms. The predicted octanol–water partition coefficient (Wildman–Crippen LogP) is 0.903. The first-order chi connectivity index (χ1) is 13.2. The van der Waals surface area contributed by atoms with E-state index in [4.69, 9.17) is 0 Å². The predicted molar refractivity (Wildman–Crippen MR) is 98.4 cm³/mol. The lowest BCUT2D eigenvalue weighted by molar-refractivity contribution is 0.0592. The monoisotopic (exact) mass is 371 g/mol. The molecule has 9 heteroatoms. The lowest BCUT2D eigenvalue weighted by atomic mass is 10.2. The summed E-state index contributed by atoms with van der Waals surface area (Å²) in [6.07, 6.45) is 4.75. The molecule has 4 rings (SSSR count). The Morgan fingerprint density at radius 3 is 2.59 bits per heavy atom. The third kappa shape index (κ3) is 3.92. The average Bonchev–Trinajstić information content (AvgIpc) is 2.94. The van der Waals surface area contributed by atoms with E-state index in [0.717, 1.165) is 63.2 Å². The molecule has 2 aromatic rings. The van der Waals surface area contributed by atoms with Crippen LogP contribution in [0.4, 0.5) is 5.82 Å². The van der Waals surface area contributed by atoms with E-state index >= 15 is 0 Å². The molecule has 0 aromatic carbocycles. The number of methoxy groups -OCH3 is 1. The maximum atomic E-state index is 11.5. The van der Waals surface area contributed by atoms with Crippen LogP contribution < -0.4 is 4.90 Å². The summed E-state index contributed by atoms with van der Waals surface area (Å²) in [5, 5.41) is 17.0. The Bertz CT molecular complexity index is 782. The first-order valence-electron chi connectivity index (χ1n) is 9.55. The van der Waals surface area contributed by atoms with E-state index in [1.807, 2.05) is 6.07 Å². The highest BCUT2D eigenvalue weighted by Gasteiger charge is 2.22. The molecule has 4 heterocycles. The van der Waals surface area contributed by atoms with Gasteiger partial charge in [-0.2, -0.15) is 0 Å². The van der Waals surface area contributed by atoms with Gasteiger partial charge in [-0.25, -0.2) is 4.79 Å². The van der Waals surface area contributed by atoms with Crippen molar-refractivity contribution in [2.75, 3.05) is 38.2 Å². The van der Waals surface area contributed by atoms with Crippen molar-refractivity contribution in [3.8, 4) is 0 Å². The molecule has 144 valence electrons. The van der Waals surface area contributed by atoms with E-state index in [1.165, 1.54) is 26.4 Å². The minimum absolute atomic E-state index is 0.229. The molecule has 0 aliphatic carbocycles. The molecule has 1 fully saturated rings. The van der Waals surface area contributed by atoms with E-state index < -0.39 is 5.97 Å². The van der Waals surface area contributed by atoms with Crippen LogP contribution in [0.3, 0.4) is 0 Å². The van der Waals surface area contributed by atoms with Crippen molar-refractivity contribution in [3.05, 3.63) is 29.5 Å². The Kier molecular flexibility index (Phi) is 5.28. The molecule has 0 saturated carbocycles. The number of carbonyl (C=O) groups excluding carboxylic acids is 1. The third-order valence-electron chi connectivity index (χ3n) is 5.29. The summed E-state index contributed by atoms with van der Waals surface area (Å²) in [6.45, 7) is 5.49. The fourth-order valence-corrected chi connectivity index (χ4v) is 3.70. The molecule has 0 spiro atoms. The van der Waals surface area contributed by atoms with E-state index in [0.29, 0.717) is 0 Å². The van der Waals surface area contributed by atoms with Crippen LogP contribution in [0.5, 0.6) is 0 Å². The van der Waals surface area contributed by atoms with E-state index in [9.17, 15) is 4.79 Å². The number of nitrogens with zero attached hydrogens (tertiary/aromatic N) is 7.